The van der Waals surface area contributed by atoms with E-state index in [-0.39, 0.29) is 13.8 Å². The van der Waals surface area contributed by atoms with E-state index in [1.54, 1.807) is 0 Å². The van der Waals surface area contributed by atoms with Gasteiger partial charge in [0.05, 0.1) is 5.60 Å². The van der Waals surface area contributed by atoms with Crippen LogP contribution in [0.1, 0.15) is 20.3 Å². The fraction of sp³-hybridized carbons (Fsp3) is 1.00. The predicted molar refractivity (Wildman–Crippen MR) is 61.6 cm³/mol. The van der Waals surface area contributed by atoms with Gasteiger partial charge in [-0.1, -0.05) is 0 Å². The van der Waals surface area contributed by atoms with Crippen LogP contribution in [0, 0.1) is 0 Å². The van der Waals surface area contributed by atoms with Gasteiger partial charge in [-0.05, 0) is 13.8 Å². The normalized spacial score (nSPS) is 16.8. The Hall–Kier alpha value is -1.23. The average molecular weight is 492 g/mol. The zero-order valence-corrected chi connectivity index (χ0v) is 14.1. The fourth-order valence-electron chi connectivity index (χ4n) is 1.85. The summed E-state index contributed by atoms with van der Waals surface area (Å²) in [6.45, 7) is 0.416. The van der Waals surface area contributed by atoms with E-state index in [0.717, 1.165) is 0 Å². The van der Waals surface area contributed by atoms with E-state index in [1.807, 2.05) is 0 Å². The van der Waals surface area contributed by atoms with Crippen LogP contribution in [-0.4, -0.2) is 58.3 Å². The first-order chi connectivity index (χ1) is 12.5. The van der Waals surface area contributed by atoms with E-state index < -0.39 is 59.7 Å². The molecule has 0 spiro atoms. The maximum absolute atomic E-state index is 13.4. The summed E-state index contributed by atoms with van der Waals surface area (Å²) in [5.41, 5.74) is -3.09. The molecule has 0 aromatic heterocycles. The molecular weight excluding hydrogens is 483 g/mol. The molecule has 182 valence electrons. The molecule has 1 N–H and O–H groups in total. The third-order valence-electron chi connectivity index (χ3n) is 3.44. The zero-order chi connectivity index (χ0) is 25.2. The van der Waals surface area contributed by atoms with Crippen LogP contribution in [0.4, 0.5) is 74.6 Å². The minimum Gasteiger partial charge on any atom is -0.390 e. The van der Waals surface area contributed by atoms with Gasteiger partial charge in [-0.2, -0.15) is 74.6 Å². The van der Waals surface area contributed by atoms with Crippen molar-refractivity contribution in [3.05, 3.63) is 0 Å². The molecule has 0 fully saturated rings. The summed E-state index contributed by atoms with van der Waals surface area (Å²) in [5.74, 6) is -56.6. The first kappa shape index (κ1) is 28.8. The first-order valence-corrected chi connectivity index (χ1v) is 6.89. The van der Waals surface area contributed by atoms with E-state index in [0.29, 0.717) is 0 Å². The monoisotopic (exact) mass is 492 g/mol. The maximum Gasteiger partial charge on any atom is 0.460 e. The highest BCUT2D eigenvalue weighted by molar-refractivity contribution is 5.15. The highest BCUT2D eigenvalue weighted by Crippen LogP contribution is 2.64. The third-order valence-corrected chi connectivity index (χ3v) is 3.44. The molecule has 30 heavy (non-hydrogen) atoms. The van der Waals surface area contributed by atoms with Gasteiger partial charge in [0.15, 0.2) is 0 Å². The van der Waals surface area contributed by atoms with Crippen LogP contribution in [0.25, 0.3) is 0 Å². The second kappa shape index (κ2) is 6.88. The van der Waals surface area contributed by atoms with Crippen LogP contribution in [0.2, 0.25) is 0 Å². The molecular formula is C12H9F17O. The molecule has 0 amide bonds. The lowest BCUT2D eigenvalue weighted by Crippen LogP contribution is -2.74. The number of hydrogen-bond acceptors (Lipinski definition) is 1. The molecule has 0 saturated carbocycles. The van der Waals surface area contributed by atoms with Gasteiger partial charge < -0.3 is 5.11 Å². The number of alkyl halides is 17. The Morgan fingerprint density at radius 1 is 0.433 bits per heavy atom. The quantitative estimate of drug-likeness (QED) is 0.403. The zero-order valence-electron chi connectivity index (χ0n) is 14.1. The summed E-state index contributed by atoms with van der Waals surface area (Å²) in [7, 11) is 0. The fourth-order valence-corrected chi connectivity index (χ4v) is 1.85. The number of halogens is 17. The summed E-state index contributed by atoms with van der Waals surface area (Å²) in [6.07, 6.45) is -10.7. The lowest BCUT2D eigenvalue weighted by molar-refractivity contribution is -0.462. The minimum absolute atomic E-state index is 0.208. The molecule has 0 atom stereocenters. The van der Waals surface area contributed by atoms with Crippen molar-refractivity contribution in [2.75, 3.05) is 0 Å². The first-order valence-electron chi connectivity index (χ1n) is 6.89. The van der Waals surface area contributed by atoms with Crippen LogP contribution >= 0.6 is 0 Å². The molecule has 0 aromatic carbocycles. The molecule has 0 radical (unpaired) electrons. The second-order valence-electron chi connectivity index (χ2n) is 6.64. The Balaban J connectivity index is 6.70. The van der Waals surface area contributed by atoms with Crippen molar-refractivity contribution >= 4 is 0 Å². The molecule has 0 heterocycles. The Kier molecular flexibility index (Phi) is 6.60. The van der Waals surface area contributed by atoms with Crippen molar-refractivity contribution in [3.63, 3.8) is 0 Å². The van der Waals surface area contributed by atoms with Crippen LogP contribution in [0.15, 0.2) is 0 Å². The molecule has 0 aliphatic rings. The van der Waals surface area contributed by atoms with Crippen molar-refractivity contribution in [2.45, 2.75) is 73.5 Å². The van der Waals surface area contributed by atoms with Gasteiger partial charge in [-0.3, -0.25) is 0 Å². The summed E-state index contributed by atoms with van der Waals surface area (Å²) >= 11 is 0. The van der Waals surface area contributed by atoms with Crippen molar-refractivity contribution in [3.8, 4) is 0 Å². The summed E-state index contributed by atoms with van der Waals surface area (Å²) in [6, 6.07) is 0. The molecule has 0 unspecified atom stereocenters. The second-order valence-corrected chi connectivity index (χ2v) is 6.64. The topological polar surface area (TPSA) is 20.2 Å². The highest BCUT2D eigenvalue weighted by Gasteiger charge is 2.95. The maximum atomic E-state index is 13.4. The average Bonchev–Trinajstić information content (AvgIpc) is 2.41. The van der Waals surface area contributed by atoms with Gasteiger partial charge in [0.25, 0.3) is 0 Å². The van der Waals surface area contributed by atoms with E-state index in [9.17, 15) is 74.6 Å². The Morgan fingerprint density at radius 2 is 0.667 bits per heavy atom. The molecule has 0 bridgehead atoms. The number of hydrogen-bond donors (Lipinski definition) is 1. The van der Waals surface area contributed by atoms with Gasteiger partial charge in [-0.15, -0.1) is 0 Å². The predicted octanol–water partition coefficient (Wildman–Crippen LogP) is 6.16. The summed E-state index contributed by atoms with van der Waals surface area (Å²) in [4.78, 5) is 0. The molecule has 0 saturated heterocycles. The molecule has 0 aliphatic carbocycles. The number of rotatable bonds is 8. The van der Waals surface area contributed by atoms with Crippen molar-refractivity contribution in [1.82, 2.24) is 0 Å². The Labute approximate surface area is 154 Å². The van der Waals surface area contributed by atoms with E-state index in [1.165, 1.54) is 0 Å². The van der Waals surface area contributed by atoms with E-state index in [4.69, 9.17) is 5.11 Å². The van der Waals surface area contributed by atoms with Crippen LogP contribution in [0.5, 0.6) is 0 Å². The molecule has 18 heteroatoms. The minimum atomic E-state index is -8.64. The van der Waals surface area contributed by atoms with Crippen molar-refractivity contribution < 1.29 is 79.7 Å². The molecule has 0 aromatic rings. The Morgan fingerprint density at radius 3 is 0.900 bits per heavy atom. The SMILES string of the molecule is CC(C)(O)CC(F)(F)C(F)(F)C(F)(F)C(F)(F)C(F)(F)C(F)(F)C(F)(F)C(F)(F)F. The van der Waals surface area contributed by atoms with E-state index >= 15 is 0 Å². The summed E-state index contributed by atoms with van der Waals surface area (Å²) in [5, 5.41) is 8.93. The van der Waals surface area contributed by atoms with Crippen LogP contribution < -0.4 is 0 Å². The molecule has 1 nitrogen and oxygen atoms in total. The summed E-state index contributed by atoms with van der Waals surface area (Å²) < 4.78 is 220. The highest BCUT2D eigenvalue weighted by atomic mass is 19.4. The lowest BCUT2D eigenvalue weighted by Gasteiger charge is -2.43. The van der Waals surface area contributed by atoms with Gasteiger partial charge in [0.1, 0.15) is 0 Å². The van der Waals surface area contributed by atoms with Gasteiger partial charge in [0.2, 0.25) is 0 Å². The van der Waals surface area contributed by atoms with Crippen LogP contribution in [-0.2, 0) is 0 Å². The molecule has 0 aliphatic heterocycles. The van der Waals surface area contributed by atoms with E-state index in [2.05, 4.69) is 0 Å². The molecule has 0 rings (SSSR count). The number of aliphatic hydroxyl groups is 1. The Bertz CT molecular complexity index is 624. The largest absolute Gasteiger partial charge is 0.460 e. The lowest BCUT2D eigenvalue weighted by atomic mass is 9.86. The van der Waals surface area contributed by atoms with Gasteiger partial charge in [-0.25, -0.2) is 0 Å². The van der Waals surface area contributed by atoms with Crippen molar-refractivity contribution in [1.29, 1.82) is 0 Å². The van der Waals surface area contributed by atoms with Crippen LogP contribution in [0.3, 0.4) is 0 Å². The van der Waals surface area contributed by atoms with Crippen molar-refractivity contribution in [2.24, 2.45) is 0 Å². The van der Waals surface area contributed by atoms with Gasteiger partial charge >= 0.3 is 47.6 Å². The standard InChI is InChI=1S/C12H9F17O/c1-4(2,30)3-5(13,14)6(15,16)7(17,18)8(19,20)9(21,22)10(23,24)11(25,26)12(27,28)29/h30H,3H2,1-2H3. The third kappa shape index (κ3) is 3.87. The smallest absolute Gasteiger partial charge is 0.390 e. The van der Waals surface area contributed by atoms with Gasteiger partial charge in [0, 0.05) is 6.42 Å².